The van der Waals surface area contributed by atoms with Crippen molar-refractivity contribution in [2.45, 2.75) is 25.9 Å². The van der Waals surface area contributed by atoms with Crippen molar-refractivity contribution in [2.24, 2.45) is 0 Å². The molecule has 0 saturated carbocycles. The van der Waals surface area contributed by atoms with E-state index in [9.17, 15) is 9.90 Å². The standard InChI is InChI=1S/C15H22N2O4/c1-10(18)16-12-4-5-17(9-12)8-11-6-13(20-2)15(19)14(7-11)21-3/h6-7,12,19H,4-5,8-9H2,1-3H3,(H,16,18). The Morgan fingerprint density at radius 2 is 2.00 bits per heavy atom. The van der Waals surface area contributed by atoms with Gasteiger partial charge >= 0.3 is 0 Å². The predicted octanol–water partition coefficient (Wildman–Crippen LogP) is 1.12. The van der Waals surface area contributed by atoms with Crippen LogP contribution in [-0.4, -0.2) is 49.3 Å². The molecule has 1 aliphatic rings. The normalized spacial score (nSPS) is 18.5. The molecule has 0 aliphatic carbocycles. The van der Waals surface area contributed by atoms with Crippen LogP contribution in [0.5, 0.6) is 17.2 Å². The molecule has 2 N–H and O–H groups in total. The quantitative estimate of drug-likeness (QED) is 0.851. The summed E-state index contributed by atoms with van der Waals surface area (Å²) >= 11 is 0. The summed E-state index contributed by atoms with van der Waals surface area (Å²) in [4.78, 5) is 13.3. The van der Waals surface area contributed by atoms with Crippen LogP contribution in [0.15, 0.2) is 12.1 Å². The minimum absolute atomic E-state index is 0.00909. The lowest BCUT2D eigenvalue weighted by molar-refractivity contribution is -0.119. The summed E-state index contributed by atoms with van der Waals surface area (Å²) in [6, 6.07) is 3.83. The van der Waals surface area contributed by atoms with Gasteiger partial charge in [-0.3, -0.25) is 9.69 Å². The molecular formula is C15H22N2O4. The zero-order chi connectivity index (χ0) is 15.4. The molecule has 1 saturated heterocycles. The Hall–Kier alpha value is -1.95. The Kier molecular flexibility index (Phi) is 4.90. The number of phenols is 1. The number of amides is 1. The van der Waals surface area contributed by atoms with Gasteiger partial charge in [0.25, 0.3) is 0 Å². The smallest absolute Gasteiger partial charge is 0.217 e. The minimum atomic E-state index is 0.00909. The number of hydrogen-bond acceptors (Lipinski definition) is 5. The highest BCUT2D eigenvalue weighted by Crippen LogP contribution is 2.37. The molecule has 1 unspecified atom stereocenters. The summed E-state index contributed by atoms with van der Waals surface area (Å²) in [6.45, 7) is 4.02. The summed E-state index contributed by atoms with van der Waals surface area (Å²) < 4.78 is 10.3. The molecule has 6 heteroatoms. The van der Waals surface area contributed by atoms with Gasteiger partial charge < -0.3 is 19.9 Å². The number of phenolic OH excluding ortho intramolecular Hbond substituents is 1. The van der Waals surface area contributed by atoms with Gasteiger partial charge in [0.1, 0.15) is 0 Å². The number of rotatable bonds is 5. The van der Waals surface area contributed by atoms with E-state index >= 15 is 0 Å². The Morgan fingerprint density at radius 1 is 1.38 bits per heavy atom. The average Bonchev–Trinajstić information content (AvgIpc) is 2.86. The van der Waals surface area contributed by atoms with Gasteiger partial charge in [0.05, 0.1) is 14.2 Å². The van der Waals surface area contributed by atoms with Crippen LogP contribution in [-0.2, 0) is 11.3 Å². The van der Waals surface area contributed by atoms with Crippen molar-refractivity contribution in [3.05, 3.63) is 17.7 Å². The van der Waals surface area contributed by atoms with E-state index in [2.05, 4.69) is 10.2 Å². The number of carbonyl (C=O) groups excluding carboxylic acids is 1. The number of ether oxygens (including phenoxy) is 2. The van der Waals surface area contributed by atoms with Gasteiger partial charge in [-0.2, -0.15) is 0 Å². The van der Waals surface area contributed by atoms with Crippen LogP contribution >= 0.6 is 0 Å². The number of methoxy groups -OCH3 is 2. The van der Waals surface area contributed by atoms with Gasteiger partial charge in [0.15, 0.2) is 11.5 Å². The Bertz CT molecular complexity index is 493. The molecule has 1 atom stereocenters. The molecule has 2 rings (SSSR count). The first-order valence-electron chi connectivity index (χ1n) is 6.96. The van der Waals surface area contributed by atoms with Crippen LogP contribution in [0, 0.1) is 0 Å². The van der Waals surface area contributed by atoms with Crippen LogP contribution in [0.1, 0.15) is 18.9 Å². The zero-order valence-corrected chi connectivity index (χ0v) is 12.7. The maximum Gasteiger partial charge on any atom is 0.217 e. The van der Waals surface area contributed by atoms with Crippen molar-refractivity contribution in [2.75, 3.05) is 27.3 Å². The fourth-order valence-corrected chi connectivity index (χ4v) is 2.68. The first-order valence-corrected chi connectivity index (χ1v) is 6.96. The lowest BCUT2D eigenvalue weighted by Gasteiger charge is -2.18. The molecule has 1 heterocycles. The van der Waals surface area contributed by atoms with Gasteiger partial charge in [0.2, 0.25) is 11.7 Å². The summed E-state index contributed by atoms with van der Waals surface area (Å²) in [7, 11) is 3.03. The van der Waals surface area contributed by atoms with E-state index in [1.165, 1.54) is 14.2 Å². The van der Waals surface area contributed by atoms with Gasteiger partial charge in [-0.25, -0.2) is 0 Å². The summed E-state index contributed by atoms with van der Waals surface area (Å²) in [5.74, 6) is 0.833. The molecule has 0 aromatic heterocycles. The number of likely N-dealkylation sites (tertiary alicyclic amines) is 1. The van der Waals surface area contributed by atoms with E-state index in [-0.39, 0.29) is 17.7 Å². The van der Waals surface area contributed by atoms with Crippen LogP contribution in [0.3, 0.4) is 0 Å². The maximum atomic E-state index is 11.1. The molecule has 21 heavy (non-hydrogen) atoms. The molecule has 1 aromatic carbocycles. The van der Waals surface area contributed by atoms with Crippen molar-refractivity contribution in [1.29, 1.82) is 0 Å². The lowest BCUT2D eigenvalue weighted by Crippen LogP contribution is -2.35. The molecule has 1 aliphatic heterocycles. The summed E-state index contributed by atoms with van der Waals surface area (Å²) in [5, 5.41) is 12.8. The number of hydrogen-bond donors (Lipinski definition) is 2. The SMILES string of the molecule is COc1cc(CN2CCC(NC(C)=O)C2)cc(OC)c1O. The maximum absolute atomic E-state index is 11.1. The molecule has 0 bridgehead atoms. The summed E-state index contributed by atoms with van der Waals surface area (Å²) in [5.41, 5.74) is 1.00. The third kappa shape index (κ3) is 3.78. The summed E-state index contributed by atoms with van der Waals surface area (Å²) in [6.07, 6.45) is 0.950. The highest BCUT2D eigenvalue weighted by molar-refractivity contribution is 5.73. The van der Waals surface area contributed by atoms with Crippen LogP contribution < -0.4 is 14.8 Å². The van der Waals surface area contributed by atoms with E-state index in [1.807, 2.05) is 12.1 Å². The second kappa shape index (κ2) is 6.67. The van der Waals surface area contributed by atoms with E-state index < -0.39 is 0 Å². The van der Waals surface area contributed by atoms with Crippen LogP contribution in [0.2, 0.25) is 0 Å². The highest BCUT2D eigenvalue weighted by atomic mass is 16.5. The fraction of sp³-hybridized carbons (Fsp3) is 0.533. The minimum Gasteiger partial charge on any atom is -0.502 e. The molecule has 1 fully saturated rings. The predicted molar refractivity (Wildman–Crippen MR) is 78.7 cm³/mol. The Morgan fingerprint density at radius 3 is 2.52 bits per heavy atom. The Balaban J connectivity index is 2.05. The first kappa shape index (κ1) is 15.4. The van der Waals surface area contributed by atoms with E-state index in [0.717, 1.165) is 31.6 Å². The number of carbonyl (C=O) groups is 1. The largest absolute Gasteiger partial charge is 0.502 e. The van der Waals surface area contributed by atoms with Crippen molar-refractivity contribution >= 4 is 5.91 Å². The second-order valence-corrected chi connectivity index (χ2v) is 5.27. The first-order chi connectivity index (χ1) is 10.0. The number of nitrogens with one attached hydrogen (secondary N) is 1. The molecule has 1 aromatic rings. The number of benzene rings is 1. The molecule has 0 spiro atoms. The molecule has 1 amide bonds. The van der Waals surface area contributed by atoms with Gasteiger partial charge in [-0.1, -0.05) is 0 Å². The van der Waals surface area contributed by atoms with Crippen molar-refractivity contribution in [3.63, 3.8) is 0 Å². The Labute approximate surface area is 124 Å². The van der Waals surface area contributed by atoms with Gasteiger partial charge in [0, 0.05) is 32.6 Å². The van der Waals surface area contributed by atoms with E-state index in [0.29, 0.717) is 11.5 Å². The van der Waals surface area contributed by atoms with Crippen LogP contribution in [0.4, 0.5) is 0 Å². The van der Waals surface area contributed by atoms with Crippen LogP contribution in [0.25, 0.3) is 0 Å². The zero-order valence-electron chi connectivity index (χ0n) is 12.7. The molecule has 6 nitrogen and oxygen atoms in total. The second-order valence-electron chi connectivity index (χ2n) is 5.27. The monoisotopic (exact) mass is 294 g/mol. The fourth-order valence-electron chi connectivity index (χ4n) is 2.68. The molecular weight excluding hydrogens is 272 g/mol. The number of nitrogens with zero attached hydrogens (tertiary/aromatic N) is 1. The number of aromatic hydroxyl groups is 1. The third-order valence-corrected chi connectivity index (χ3v) is 3.63. The van der Waals surface area contributed by atoms with E-state index in [1.54, 1.807) is 6.92 Å². The third-order valence-electron chi connectivity index (χ3n) is 3.63. The molecule has 116 valence electrons. The van der Waals surface area contributed by atoms with Crippen molar-refractivity contribution in [1.82, 2.24) is 10.2 Å². The molecule has 0 radical (unpaired) electrons. The average molecular weight is 294 g/mol. The topological polar surface area (TPSA) is 71.0 Å². The van der Waals surface area contributed by atoms with Crippen molar-refractivity contribution < 1.29 is 19.4 Å². The lowest BCUT2D eigenvalue weighted by atomic mass is 10.1. The van der Waals surface area contributed by atoms with Crippen molar-refractivity contribution in [3.8, 4) is 17.2 Å². The van der Waals surface area contributed by atoms with E-state index in [4.69, 9.17) is 9.47 Å². The highest BCUT2D eigenvalue weighted by Gasteiger charge is 2.23. The van der Waals surface area contributed by atoms with Gasteiger partial charge in [-0.05, 0) is 24.1 Å². The van der Waals surface area contributed by atoms with Gasteiger partial charge in [-0.15, -0.1) is 0 Å².